The topological polar surface area (TPSA) is 24.5 Å². The Morgan fingerprint density at radius 3 is 2.61 bits per heavy atom. The lowest BCUT2D eigenvalue weighted by molar-refractivity contribution is 0.137. The Kier molecular flexibility index (Phi) is 7.65. The molecular formula is C15H26N2O. The molecule has 0 aliphatic rings. The predicted octanol–water partition coefficient (Wildman–Crippen LogP) is 2.31. The Balaban J connectivity index is 2.62. The molecule has 0 bridgehead atoms. The Labute approximate surface area is 111 Å². The molecule has 1 atom stereocenters. The summed E-state index contributed by atoms with van der Waals surface area (Å²) in [5.41, 5.74) is 1.36. The van der Waals surface area contributed by atoms with Crippen LogP contribution in [-0.4, -0.2) is 45.3 Å². The number of hydrogen-bond acceptors (Lipinski definition) is 3. The summed E-state index contributed by atoms with van der Waals surface area (Å²) >= 11 is 0. The SMILES string of the molecule is CCCNCC(c1ccccc1)N(C)CCOC. The molecule has 1 aromatic rings. The highest BCUT2D eigenvalue weighted by atomic mass is 16.5. The first-order chi connectivity index (χ1) is 8.79. The van der Waals surface area contributed by atoms with Gasteiger partial charge in [-0.15, -0.1) is 0 Å². The van der Waals surface area contributed by atoms with E-state index in [0.29, 0.717) is 6.04 Å². The number of ether oxygens (including phenoxy) is 1. The summed E-state index contributed by atoms with van der Waals surface area (Å²) in [5.74, 6) is 0. The van der Waals surface area contributed by atoms with Gasteiger partial charge in [-0.2, -0.15) is 0 Å². The van der Waals surface area contributed by atoms with Crippen LogP contribution >= 0.6 is 0 Å². The van der Waals surface area contributed by atoms with Crippen molar-refractivity contribution in [3.05, 3.63) is 35.9 Å². The molecule has 102 valence electrons. The Hall–Kier alpha value is -0.900. The van der Waals surface area contributed by atoms with E-state index >= 15 is 0 Å². The van der Waals surface area contributed by atoms with Crippen LogP contribution in [0.25, 0.3) is 0 Å². The highest BCUT2D eigenvalue weighted by Gasteiger charge is 2.15. The lowest BCUT2D eigenvalue weighted by Gasteiger charge is -2.28. The van der Waals surface area contributed by atoms with Gasteiger partial charge in [0, 0.05) is 26.2 Å². The summed E-state index contributed by atoms with van der Waals surface area (Å²) in [6.45, 7) is 5.97. The van der Waals surface area contributed by atoms with Gasteiger partial charge in [0.1, 0.15) is 0 Å². The minimum Gasteiger partial charge on any atom is -0.383 e. The van der Waals surface area contributed by atoms with E-state index in [-0.39, 0.29) is 0 Å². The van der Waals surface area contributed by atoms with Crippen LogP contribution in [-0.2, 0) is 4.74 Å². The van der Waals surface area contributed by atoms with Crippen LogP contribution in [0.3, 0.4) is 0 Å². The second-order valence-electron chi connectivity index (χ2n) is 4.60. The smallest absolute Gasteiger partial charge is 0.0589 e. The fraction of sp³-hybridized carbons (Fsp3) is 0.600. The second-order valence-corrected chi connectivity index (χ2v) is 4.60. The third kappa shape index (κ3) is 5.17. The number of methoxy groups -OCH3 is 1. The van der Waals surface area contributed by atoms with Crippen molar-refractivity contribution in [2.24, 2.45) is 0 Å². The van der Waals surface area contributed by atoms with E-state index < -0.39 is 0 Å². The highest BCUT2D eigenvalue weighted by molar-refractivity contribution is 5.19. The molecule has 0 fully saturated rings. The number of benzene rings is 1. The largest absolute Gasteiger partial charge is 0.383 e. The molecule has 0 radical (unpaired) electrons. The minimum atomic E-state index is 0.410. The lowest BCUT2D eigenvalue weighted by Crippen LogP contribution is -2.35. The number of nitrogens with one attached hydrogen (secondary N) is 1. The average Bonchev–Trinajstić information content (AvgIpc) is 2.42. The van der Waals surface area contributed by atoms with Gasteiger partial charge < -0.3 is 10.1 Å². The summed E-state index contributed by atoms with van der Waals surface area (Å²) in [6.07, 6.45) is 1.17. The fourth-order valence-corrected chi connectivity index (χ4v) is 2.01. The number of nitrogens with zero attached hydrogens (tertiary/aromatic N) is 1. The van der Waals surface area contributed by atoms with Gasteiger partial charge >= 0.3 is 0 Å². The molecule has 1 unspecified atom stereocenters. The van der Waals surface area contributed by atoms with Crippen molar-refractivity contribution >= 4 is 0 Å². The maximum Gasteiger partial charge on any atom is 0.0589 e. The van der Waals surface area contributed by atoms with E-state index in [1.54, 1.807) is 7.11 Å². The standard InChI is InChI=1S/C15H26N2O/c1-4-10-16-13-15(17(2)11-12-18-3)14-8-6-5-7-9-14/h5-9,15-16H,4,10-13H2,1-3H3. The Bertz CT molecular complexity index is 303. The van der Waals surface area contributed by atoms with E-state index in [0.717, 1.165) is 26.2 Å². The summed E-state index contributed by atoms with van der Waals surface area (Å²) in [5, 5.41) is 3.51. The molecule has 3 heteroatoms. The average molecular weight is 250 g/mol. The van der Waals surface area contributed by atoms with Gasteiger partial charge in [-0.3, -0.25) is 4.90 Å². The molecule has 0 saturated heterocycles. The summed E-state index contributed by atoms with van der Waals surface area (Å²) in [7, 11) is 3.91. The van der Waals surface area contributed by atoms with Crippen LogP contribution in [0.5, 0.6) is 0 Å². The van der Waals surface area contributed by atoms with Gasteiger partial charge in [0.05, 0.1) is 6.61 Å². The third-order valence-electron chi connectivity index (χ3n) is 3.13. The first-order valence-corrected chi connectivity index (χ1v) is 6.74. The first kappa shape index (κ1) is 15.2. The van der Waals surface area contributed by atoms with Crippen LogP contribution in [0.1, 0.15) is 24.9 Å². The van der Waals surface area contributed by atoms with E-state index in [1.165, 1.54) is 12.0 Å². The Morgan fingerprint density at radius 2 is 2.00 bits per heavy atom. The van der Waals surface area contributed by atoms with Crippen molar-refractivity contribution in [2.45, 2.75) is 19.4 Å². The molecule has 0 aliphatic heterocycles. The molecule has 1 rings (SSSR count). The van der Waals surface area contributed by atoms with Crippen molar-refractivity contribution < 1.29 is 4.74 Å². The second kappa shape index (κ2) is 9.09. The third-order valence-corrected chi connectivity index (χ3v) is 3.13. The van der Waals surface area contributed by atoms with E-state index in [2.05, 4.69) is 54.5 Å². The van der Waals surface area contributed by atoms with Crippen LogP contribution in [0, 0.1) is 0 Å². The molecular weight excluding hydrogens is 224 g/mol. The number of likely N-dealkylation sites (N-methyl/N-ethyl adjacent to an activating group) is 1. The molecule has 0 saturated carbocycles. The van der Waals surface area contributed by atoms with E-state index in [4.69, 9.17) is 4.74 Å². The maximum absolute atomic E-state index is 5.16. The Morgan fingerprint density at radius 1 is 1.28 bits per heavy atom. The summed E-state index contributed by atoms with van der Waals surface area (Å²) in [4.78, 5) is 2.35. The van der Waals surface area contributed by atoms with Crippen LogP contribution in [0.15, 0.2) is 30.3 Å². The van der Waals surface area contributed by atoms with Gasteiger partial charge in [-0.25, -0.2) is 0 Å². The molecule has 0 heterocycles. The highest BCUT2D eigenvalue weighted by Crippen LogP contribution is 2.17. The van der Waals surface area contributed by atoms with Gasteiger partial charge in [-0.05, 0) is 25.6 Å². The number of hydrogen-bond donors (Lipinski definition) is 1. The fourth-order valence-electron chi connectivity index (χ4n) is 2.01. The van der Waals surface area contributed by atoms with E-state index in [1.807, 2.05) is 0 Å². The van der Waals surface area contributed by atoms with Gasteiger partial charge in [0.15, 0.2) is 0 Å². The van der Waals surface area contributed by atoms with Gasteiger partial charge in [0.25, 0.3) is 0 Å². The van der Waals surface area contributed by atoms with Crippen molar-refractivity contribution in [1.82, 2.24) is 10.2 Å². The van der Waals surface area contributed by atoms with Crippen LogP contribution < -0.4 is 5.32 Å². The van der Waals surface area contributed by atoms with Crippen molar-refractivity contribution in [3.63, 3.8) is 0 Å². The molecule has 1 aromatic carbocycles. The summed E-state index contributed by atoms with van der Waals surface area (Å²) in [6, 6.07) is 11.1. The van der Waals surface area contributed by atoms with Crippen LogP contribution in [0.4, 0.5) is 0 Å². The van der Waals surface area contributed by atoms with Gasteiger partial charge in [0.2, 0.25) is 0 Å². The van der Waals surface area contributed by atoms with Gasteiger partial charge in [-0.1, -0.05) is 37.3 Å². The zero-order valence-corrected chi connectivity index (χ0v) is 11.9. The molecule has 0 spiro atoms. The monoisotopic (exact) mass is 250 g/mol. The molecule has 1 N–H and O–H groups in total. The molecule has 18 heavy (non-hydrogen) atoms. The number of rotatable bonds is 9. The normalized spacial score (nSPS) is 12.9. The molecule has 0 amide bonds. The zero-order valence-electron chi connectivity index (χ0n) is 11.9. The summed E-state index contributed by atoms with van der Waals surface area (Å²) < 4.78 is 5.16. The first-order valence-electron chi connectivity index (χ1n) is 6.74. The van der Waals surface area contributed by atoms with Crippen molar-refractivity contribution in [3.8, 4) is 0 Å². The predicted molar refractivity (Wildman–Crippen MR) is 76.8 cm³/mol. The zero-order chi connectivity index (χ0) is 13.2. The quantitative estimate of drug-likeness (QED) is 0.681. The van der Waals surface area contributed by atoms with Crippen LogP contribution in [0.2, 0.25) is 0 Å². The minimum absolute atomic E-state index is 0.410. The molecule has 3 nitrogen and oxygen atoms in total. The van der Waals surface area contributed by atoms with Crippen molar-refractivity contribution in [1.29, 1.82) is 0 Å². The lowest BCUT2D eigenvalue weighted by atomic mass is 10.1. The molecule has 0 aromatic heterocycles. The van der Waals surface area contributed by atoms with Crippen molar-refractivity contribution in [2.75, 3.05) is 40.4 Å². The van der Waals surface area contributed by atoms with E-state index in [9.17, 15) is 0 Å². The maximum atomic E-state index is 5.16. The molecule has 0 aliphatic carbocycles.